The Hall–Kier alpha value is -1.89. The molecule has 1 aliphatic heterocycles. The van der Waals surface area contributed by atoms with Crippen LogP contribution in [0.4, 0.5) is 5.82 Å². The zero-order valence-corrected chi connectivity index (χ0v) is 13.4. The van der Waals surface area contributed by atoms with Gasteiger partial charge in [-0.25, -0.2) is 0 Å². The summed E-state index contributed by atoms with van der Waals surface area (Å²) in [7, 11) is 0. The Kier molecular flexibility index (Phi) is 3.18. The Morgan fingerprint density at radius 1 is 1.41 bits per heavy atom. The highest BCUT2D eigenvalue weighted by atomic mass is 79.9. The maximum atomic E-state index is 12.3. The number of anilines is 1. The molecule has 0 spiro atoms. The lowest BCUT2D eigenvalue weighted by atomic mass is 10.1. The molecule has 2 N–H and O–H groups in total. The van der Waals surface area contributed by atoms with Gasteiger partial charge in [-0.05, 0) is 31.0 Å². The average Bonchev–Trinajstić information content (AvgIpc) is 3.07. The van der Waals surface area contributed by atoms with E-state index in [2.05, 4.69) is 31.4 Å². The number of aromatic nitrogens is 2. The molecule has 2 amide bonds. The topological polar surface area (TPSA) is 78.1 Å². The van der Waals surface area contributed by atoms with Crippen LogP contribution in [0, 0.1) is 5.92 Å². The highest BCUT2D eigenvalue weighted by Crippen LogP contribution is 2.31. The molecule has 1 aromatic heterocycles. The number of fused-ring (bicyclic) bond motifs is 1. The maximum absolute atomic E-state index is 12.3. The van der Waals surface area contributed by atoms with Crippen molar-refractivity contribution in [1.29, 1.82) is 0 Å². The molecule has 4 rings (SSSR count). The standard InChI is InChI=1S/C15H15BrN4O2/c16-9-1-4-11-12(6-9)18-19-14(11)20-7-8(5-13(20)21)15(22)17-10-2-3-10/h1,4,6,8,10H,2-3,5,7H2,(H,17,22)(H,18,19)/t8-/m0/s1. The summed E-state index contributed by atoms with van der Waals surface area (Å²) >= 11 is 3.41. The first-order valence-corrected chi connectivity index (χ1v) is 8.15. The minimum absolute atomic E-state index is 0.0130. The van der Waals surface area contributed by atoms with Crippen molar-refractivity contribution in [2.45, 2.75) is 25.3 Å². The fraction of sp³-hybridized carbons (Fsp3) is 0.400. The van der Waals surface area contributed by atoms with Crippen molar-refractivity contribution in [1.82, 2.24) is 15.5 Å². The molecule has 2 heterocycles. The second kappa shape index (κ2) is 5.08. The van der Waals surface area contributed by atoms with Gasteiger partial charge in [-0.2, -0.15) is 5.10 Å². The van der Waals surface area contributed by atoms with Crippen molar-refractivity contribution >= 4 is 44.5 Å². The molecule has 2 aliphatic rings. The van der Waals surface area contributed by atoms with Crippen LogP contribution in [-0.4, -0.2) is 34.6 Å². The molecule has 7 heteroatoms. The fourth-order valence-corrected chi connectivity index (χ4v) is 3.18. The van der Waals surface area contributed by atoms with E-state index < -0.39 is 0 Å². The molecular formula is C15H15BrN4O2. The second-order valence-corrected chi connectivity index (χ2v) is 6.84. The van der Waals surface area contributed by atoms with Gasteiger partial charge < -0.3 is 5.32 Å². The number of carbonyl (C=O) groups is 2. The summed E-state index contributed by atoms with van der Waals surface area (Å²) in [6.45, 7) is 0.396. The van der Waals surface area contributed by atoms with Crippen LogP contribution < -0.4 is 10.2 Å². The molecule has 1 atom stereocenters. The summed E-state index contributed by atoms with van der Waals surface area (Å²) in [5.41, 5.74) is 0.864. The lowest BCUT2D eigenvalue weighted by Gasteiger charge is -2.14. The number of H-pyrrole nitrogens is 1. The van der Waals surface area contributed by atoms with Crippen LogP contribution in [0.1, 0.15) is 19.3 Å². The van der Waals surface area contributed by atoms with Gasteiger partial charge in [0, 0.05) is 28.9 Å². The van der Waals surface area contributed by atoms with Gasteiger partial charge in [0.05, 0.1) is 11.4 Å². The van der Waals surface area contributed by atoms with E-state index in [0.717, 1.165) is 28.2 Å². The second-order valence-electron chi connectivity index (χ2n) is 5.93. The van der Waals surface area contributed by atoms with E-state index in [4.69, 9.17) is 0 Å². The molecule has 2 aromatic rings. The average molecular weight is 363 g/mol. The zero-order valence-electron chi connectivity index (χ0n) is 11.8. The molecule has 0 bridgehead atoms. The number of aromatic amines is 1. The summed E-state index contributed by atoms with van der Waals surface area (Å²) in [6.07, 6.45) is 2.35. The third-order valence-corrected chi connectivity index (χ3v) is 4.67. The van der Waals surface area contributed by atoms with Gasteiger partial charge in [0.15, 0.2) is 5.82 Å². The molecule has 1 aliphatic carbocycles. The Bertz CT molecular complexity index is 768. The highest BCUT2D eigenvalue weighted by Gasteiger charge is 2.38. The smallest absolute Gasteiger partial charge is 0.229 e. The van der Waals surface area contributed by atoms with Crippen molar-refractivity contribution in [3.8, 4) is 0 Å². The van der Waals surface area contributed by atoms with Crippen LogP contribution in [0.2, 0.25) is 0 Å². The molecule has 0 unspecified atom stereocenters. The first-order valence-electron chi connectivity index (χ1n) is 7.36. The predicted octanol–water partition coefficient (Wildman–Crippen LogP) is 1.96. The number of benzene rings is 1. The van der Waals surface area contributed by atoms with Crippen molar-refractivity contribution in [3.63, 3.8) is 0 Å². The molecule has 1 saturated heterocycles. The van der Waals surface area contributed by atoms with E-state index in [9.17, 15) is 9.59 Å². The number of halogens is 1. The number of amides is 2. The first-order chi connectivity index (χ1) is 10.6. The lowest BCUT2D eigenvalue weighted by Crippen LogP contribution is -2.34. The Labute approximate surface area is 135 Å². The monoisotopic (exact) mass is 362 g/mol. The number of nitrogens with one attached hydrogen (secondary N) is 2. The van der Waals surface area contributed by atoms with E-state index in [1.54, 1.807) is 4.90 Å². The number of rotatable bonds is 3. The lowest BCUT2D eigenvalue weighted by molar-refractivity contribution is -0.126. The fourth-order valence-electron chi connectivity index (χ4n) is 2.82. The predicted molar refractivity (Wildman–Crippen MR) is 85.4 cm³/mol. The first kappa shape index (κ1) is 13.8. The van der Waals surface area contributed by atoms with Gasteiger partial charge in [-0.3, -0.25) is 19.6 Å². The third kappa shape index (κ3) is 2.39. The van der Waals surface area contributed by atoms with E-state index in [1.807, 2.05) is 18.2 Å². The number of hydrogen-bond acceptors (Lipinski definition) is 3. The number of hydrogen-bond donors (Lipinski definition) is 2. The molecule has 114 valence electrons. The Morgan fingerprint density at radius 2 is 2.23 bits per heavy atom. The molecule has 2 fully saturated rings. The highest BCUT2D eigenvalue weighted by molar-refractivity contribution is 9.10. The van der Waals surface area contributed by atoms with Crippen molar-refractivity contribution in [2.75, 3.05) is 11.4 Å². The van der Waals surface area contributed by atoms with Crippen molar-refractivity contribution in [2.24, 2.45) is 5.92 Å². The van der Waals surface area contributed by atoms with Gasteiger partial charge in [0.2, 0.25) is 11.8 Å². The SMILES string of the molecule is O=C(NC1CC1)[C@H]1CC(=O)N(c2n[nH]c3cc(Br)ccc23)C1. The molecular weight excluding hydrogens is 348 g/mol. The van der Waals surface area contributed by atoms with Crippen LogP contribution in [0.3, 0.4) is 0 Å². The van der Waals surface area contributed by atoms with E-state index >= 15 is 0 Å². The summed E-state index contributed by atoms with van der Waals surface area (Å²) in [5.74, 6) is 0.262. The minimum atomic E-state index is -0.282. The summed E-state index contributed by atoms with van der Waals surface area (Å²) < 4.78 is 0.949. The van der Waals surface area contributed by atoms with Gasteiger partial charge in [0.1, 0.15) is 0 Å². The van der Waals surface area contributed by atoms with Gasteiger partial charge in [0.25, 0.3) is 0 Å². The van der Waals surface area contributed by atoms with Crippen LogP contribution in [0.25, 0.3) is 10.9 Å². The molecule has 0 radical (unpaired) electrons. The van der Waals surface area contributed by atoms with Crippen molar-refractivity contribution in [3.05, 3.63) is 22.7 Å². The Morgan fingerprint density at radius 3 is 3.00 bits per heavy atom. The van der Waals surface area contributed by atoms with Gasteiger partial charge >= 0.3 is 0 Å². The van der Waals surface area contributed by atoms with Crippen LogP contribution in [-0.2, 0) is 9.59 Å². The van der Waals surface area contributed by atoms with Gasteiger partial charge in [-0.1, -0.05) is 15.9 Å². The molecule has 6 nitrogen and oxygen atoms in total. The normalized spacial score (nSPS) is 21.6. The summed E-state index contributed by atoms with van der Waals surface area (Å²) in [5, 5.41) is 11.1. The number of nitrogens with zero attached hydrogens (tertiary/aromatic N) is 2. The Balaban J connectivity index is 1.58. The summed E-state index contributed by atoms with van der Waals surface area (Å²) in [6, 6.07) is 6.08. The van der Waals surface area contributed by atoms with Crippen LogP contribution >= 0.6 is 15.9 Å². The minimum Gasteiger partial charge on any atom is -0.353 e. The third-order valence-electron chi connectivity index (χ3n) is 4.18. The van der Waals surface area contributed by atoms with E-state index in [0.29, 0.717) is 18.4 Å². The number of carbonyl (C=O) groups excluding carboxylic acids is 2. The van der Waals surface area contributed by atoms with Gasteiger partial charge in [-0.15, -0.1) is 0 Å². The van der Waals surface area contributed by atoms with Crippen molar-refractivity contribution < 1.29 is 9.59 Å². The van der Waals surface area contributed by atoms with Crippen LogP contribution in [0.5, 0.6) is 0 Å². The largest absolute Gasteiger partial charge is 0.353 e. The quantitative estimate of drug-likeness (QED) is 0.875. The van der Waals surface area contributed by atoms with E-state index in [-0.39, 0.29) is 24.2 Å². The summed E-state index contributed by atoms with van der Waals surface area (Å²) in [4.78, 5) is 26.0. The zero-order chi connectivity index (χ0) is 15.3. The van der Waals surface area contributed by atoms with Crippen LogP contribution in [0.15, 0.2) is 22.7 Å². The molecule has 1 aromatic carbocycles. The maximum Gasteiger partial charge on any atom is 0.229 e. The van der Waals surface area contributed by atoms with E-state index in [1.165, 1.54) is 0 Å². The molecule has 22 heavy (non-hydrogen) atoms. The molecule has 1 saturated carbocycles.